The highest BCUT2D eigenvalue weighted by Gasteiger charge is 2.15. The maximum Gasteiger partial charge on any atom is 0.180 e. The minimum atomic E-state index is -0.864. The molecule has 0 amide bonds. The van der Waals surface area contributed by atoms with Crippen molar-refractivity contribution < 1.29 is 9.50 Å². The highest BCUT2D eigenvalue weighted by Crippen LogP contribution is 2.22. The van der Waals surface area contributed by atoms with Gasteiger partial charge in [0.25, 0.3) is 0 Å². The van der Waals surface area contributed by atoms with E-state index in [1.807, 2.05) is 16.8 Å². The van der Waals surface area contributed by atoms with E-state index in [-0.39, 0.29) is 5.82 Å². The third-order valence-corrected chi connectivity index (χ3v) is 3.20. The Balaban J connectivity index is 2.03. The lowest BCUT2D eigenvalue weighted by atomic mass is 10.1. The molecule has 0 unspecified atom stereocenters. The Bertz CT molecular complexity index is 790. The summed E-state index contributed by atoms with van der Waals surface area (Å²) in [7, 11) is 0. The number of hydrogen-bond acceptors (Lipinski definition) is 4. The highest BCUT2D eigenvalue weighted by atomic mass is 19.1. The molecule has 0 aliphatic rings. The molecule has 1 aromatic carbocycles. The van der Waals surface area contributed by atoms with Crippen LogP contribution in [0.15, 0.2) is 42.9 Å². The van der Waals surface area contributed by atoms with Crippen LogP contribution in [-0.4, -0.2) is 31.6 Å². The number of benzene rings is 1. The quantitative estimate of drug-likeness (QED) is 0.777. The Morgan fingerprint density at radius 3 is 2.68 bits per heavy atom. The number of nitrogens with one attached hydrogen (secondary N) is 1. The Morgan fingerprint density at radius 2 is 2.00 bits per heavy atom. The summed E-state index contributed by atoms with van der Waals surface area (Å²) in [6, 6.07) is 6.17. The van der Waals surface area contributed by atoms with Crippen LogP contribution >= 0.6 is 0 Å². The number of fused-ring (bicyclic) bond motifs is 1. The fraction of sp³-hybridized carbons (Fsp3) is 0.250. The van der Waals surface area contributed by atoms with E-state index < -0.39 is 5.60 Å². The average Bonchev–Trinajstić information content (AvgIpc) is 2.93. The second-order valence-electron chi connectivity index (χ2n) is 5.81. The number of halogens is 1. The maximum atomic E-state index is 13.1. The molecule has 0 fully saturated rings. The predicted molar refractivity (Wildman–Crippen MR) is 83.2 cm³/mol. The van der Waals surface area contributed by atoms with Crippen molar-refractivity contribution in [3.05, 3.63) is 48.7 Å². The molecule has 2 aromatic heterocycles. The van der Waals surface area contributed by atoms with Gasteiger partial charge in [-0.25, -0.2) is 14.4 Å². The van der Waals surface area contributed by atoms with Crippen LogP contribution in [0.4, 0.5) is 10.2 Å². The summed E-state index contributed by atoms with van der Waals surface area (Å²) in [6.45, 7) is 3.77. The van der Waals surface area contributed by atoms with Gasteiger partial charge in [-0.3, -0.25) is 0 Å². The first kappa shape index (κ1) is 14.5. The van der Waals surface area contributed by atoms with Crippen LogP contribution in [0.1, 0.15) is 13.8 Å². The zero-order valence-electron chi connectivity index (χ0n) is 12.4. The molecule has 2 N–H and O–H groups in total. The molecule has 0 radical (unpaired) electrons. The minimum absolute atomic E-state index is 0.284. The largest absolute Gasteiger partial charge is 0.389 e. The molecule has 114 valence electrons. The van der Waals surface area contributed by atoms with E-state index in [1.165, 1.54) is 12.1 Å². The van der Waals surface area contributed by atoms with Crippen molar-refractivity contribution in [3.8, 4) is 11.3 Å². The van der Waals surface area contributed by atoms with E-state index in [2.05, 4.69) is 15.3 Å². The van der Waals surface area contributed by atoms with Gasteiger partial charge in [-0.2, -0.15) is 0 Å². The topological polar surface area (TPSA) is 62.5 Å². The van der Waals surface area contributed by atoms with Crippen LogP contribution in [0.2, 0.25) is 0 Å². The van der Waals surface area contributed by atoms with E-state index >= 15 is 0 Å². The molecule has 5 nitrogen and oxygen atoms in total. The van der Waals surface area contributed by atoms with Crippen molar-refractivity contribution in [2.45, 2.75) is 19.4 Å². The van der Waals surface area contributed by atoms with Crippen LogP contribution in [0.3, 0.4) is 0 Å². The van der Waals surface area contributed by atoms with Crippen molar-refractivity contribution in [2.75, 3.05) is 11.9 Å². The molecular weight excluding hydrogens is 283 g/mol. The Hall–Kier alpha value is -2.47. The summed E-state index contributed by atoms with van der Waals surface area (Å²) >= 11 is 0. The van der Waals surface area contributed by atoms with Gasteiger partial charge < -0.3 is 14.8 Å². The van der Waals surface area contributed by atoms with Gasteiger partial charge in [-0.1, -0.05) is 0 Å². The van der Waals surface area contributed by atoms with Crippen LogP contribution < -0.4 is 5.32 Å². The lowest BCUT2D eigenvalue weighted by Gasteiger charge is -2.18. The monoisotopic (exact) mass is 300 g/mol. The van der Waals surface area contributed by atoms with Gasteiger partial charge in [0.05, 0.1) is 11.3 Å². The van der Waals surface area contributed by atoms with Crippen molar-refractivity contribution in [2.24, 2.45) is 0 Å². The summed E-state index contributed by atoms with van der Waals surface area (Å²) in [5, 5.41) is 13.0. The average molecular weight is 300 g/mol. The van der Waals surface area contributed by atoms with E-state index in [9.17, 15) is 9.50 Å². The Morgan fingerprint density at radius 1 is 1.27 bits per heavy atom. The summed E-state index contributed by atoms with van der Waals surface area (Å²) in [5.74, 6) is 0.293. The first-order valence-corrected chi connectivity index (χ1v) is 6.98. The number of anilines is 1. The Labute approximate surface area is 127 Å². The fourth-order valence-electron chi connectivity index (χ4n) is 2.11. The first-order chi connectivity index (χ1) is 10.4. The maximum absolute atomic E-state index is 13.1. The molecular formula is C16H17FN4O. The molecule has 3 rings (SSSR count). The summed E-state index contributed by atoms with van der Waals surface area (Å²) < 4.78 is 14.9. The molecule has 0 bridgehead atoms. The number of nitrogens with zero attached hydrogens (tertiary/aromatic N) is 3. The molecule has 6 heteroatoms. The zero-order valence-corrected chi connectivity index (χ0v) is 12.4. The summed E-state index contributed by atoms with van der Waals surface area (Å²) in [5.41, 5.74) is 1.32. The van der Waals surface area contributed by atoms with Gasteiger partial charge in [0.2, 0.25) is 0 Å². The molecule has 0 aliphatic carbocycles. The van der Waals surface area contributed by atoms with Gasteiger partial charge in [-0.15, -0.1) is 0 Å². The number of imidazole rings is 1. The third kappa shape index (κ3) is 3.07. The van der Waals surface area contributed by atoms with Gasteiger partial charge in [0, 0.05) is 30.7 Å². The van der Waals surface area contributed by atoms with Gasteiger partial charge >= 0.3 is 0 Å². The number of hydrogen-bond donors (Lipinski definition) is 2. The lowest BCUT2D eigenvalue weighted by molar-refractivity contribution is 0.0944. The minimum Gasteiger partial charge on any atom is -0.389 e. The lowest BCUT2D eigenvalue weighted by Crippen LogP contribution is -2.29. The summed E-state index contributed by atoms with van der Waals surface area (Å²) in [4.78, 5) is 8.81. The van der Waals surface area contributed by atoms with E-state index in [4.69, 9.17) is 0 Å². The van der Waals surface area contributed by atoms with E-state index in [0.717, 1.165) is 5.56 Å². The normalized spacial score (nSPS) is 11.8. The molecule has 0 atom stereocenters. The highest BCUT2D eigenvalue weighted by molar-refractivity contribution is 5.69. The van der Waals surface area contributed by atoms with Gasteiger partial charge in [0.1, 0.15) is 5.82 Å². The van der Waals surface area contributed by atoms with Crippen LogP contribution in [0.25, 0.3) is 16.9 Å². The van der Waals surface area contributed by atoms with Crippen LogP contribution in [0.5, 0.6) is 0 Å². The van der Waals surface area contributed by atoms with Crippen molar-refractivity contribution in [1.82, 2.24) is 14.4 Å². The van der Waals surface area contributed by atoms with E-state index in [0.29, 0.717) is 23.7 Å². The van der Waals surface area contributed by atoms with Crippen LogP contribution in [-0.2, 0) is 0 Å². The van der Waals surface area contributed by atoms with Crippen molar-refractivity contribution >= 4 is 11.5 Å². The molecule has 2 heterocycles. The van der Waals surface area contributed by atoms with Gasteiger partial charge in [-0.05, 0) is 38.1 Å². The number of aromatic nitrogens is 3. The Kier molecular flexibility index (Phi) is 3.54. The molecule has 0 aliphatic heterocycles. The first-order valence-electron chi connectivity index (χ1n) is 6.98. The van der Waals surface area contributed by atoms with Crippen LogP contribution in [0, 0.1) is 5.82 Å². The third-order valence-electron chi connectivity index (χ3n) is 3.20. The zero-order chi connectivity index (χ0) is 15.7. The fourth-order valence-corrected chi connectivity index (χ4v) is 2.11. The molecule has 0 saturated heterocycles. The van der Waals surface area contributed by atoms with Gasteiger partial charge in [0.15, 0.2) is 11.5 Å². The standard InChI is InChI=1S/C16H17FN4O/c1-16(2,22)10-19-14-15-18-7-8-21(15)9-13(20-14)11-3-5-12(17)6-4-11/h3-9,22H,10H2,1-2H3,(H,19,20). The molecule has 3 aromatic rings. The molecule has 0 saturated carbocycles. The predicted octanol–water partition coefficient (Wildman–Crippen LogP) is 2.72. The number of rotatable bonds is 4. The molecule has 0 spiro atoms. The SMILES string of the molecule is CC(C)(O)CNc1nc(-c2ccc(F)cc2)cn2ccnc12. The second kappa shape index (κ2) is 5.38. The molecule has 22 heavy (non-hydrogen) atoms. The van der Waals surface area contributed by atoms with Crippen molar-refractivity contribution in [1.29, 1.82) is 0 Å². The number of aliphatic hydroxyl groups is 1. The second-order valence-corrected chi connectivity index (χ2v) is 5.81. The van der Waals surface area contributed by atoms with Crippen molar-refractivity contribution in [3.63, 3.8) is 0 Å². The summed E-state index contributed by atoms with van der Waals surface area (Å²) in [6.07, 6.45) is 5.34. The smallest absolute Gasteiger partial charge is 0.180 e. The van der Waals surface area contributed by atoms with E-state index in [1.54, 1.807) is 32.2 Å².